The number of carbonyl (C=O) groups is 1. The zero-order valence-electron chi connectivity index (χ0n) is 33.4. The second kappa shape index (κ2) is 19.8. The number of amides is 1. The highest BCUT2D eigenvalue weighted by atomic mass is 16.7. The van der Waals surface area contributed by atoms with Gasteiger partial charge in [0.05, 0.1) is 34.8 Å². The smallest absolute Gasteiger partial charge is 0.269 e. The van der Waals surface area contributed by atoms with Crippen molar-refractivity contribution in [3.8, 4) is 17.6 Å². The average molecular weight is 805 g/mol. The van der Waals surface area contributed by atoms with Gasteiger partial charge in [0, 0.05) is 55.9 Å². The van der Waals surface area contributed by atoms with E-state index in [9.17, 15) is 30.4 Å². The van der Waals surface area contributed by atoms with Crippen LogP contribution in [-0.4, -0.2) is 77.0 Å². The van der Waals surface area contributed by atoms with Gasteiger partial charge in [0.2, 0.25) is 5.79 Å². The molecule has 3 aliphatic rings. The van der Waals surface area contributed by atoms with Gasteiger partial charge in [-0.25, -0.2) is 0 Å². The summed E-state index contributed by atoms with van der Waals surface area (Å²) in [6.07, 6.45) is 10.2. The van der Waals surface area contributed by atoms with Crippen LogP contribution < -0.4 is 9.47 Å². The number of carbonyl (C=O) groups excluding carboxylic acids is 1. The summed E-state index contributed by atoms with van der Waals surface area (Å²) in [6.45, 7) is 8.39. The minimum Gasteiger partial charge on any atom is -0.490 e. The molecule has 59 heavy (non-hydrogen) atoms. The fraction of sp³-hybridized carbons (Fsp3) is 0.413. The number of unbranched alkanes of at least 4 members (excludes halogenated alkanes) is 2. The number of hydrogen-bond acceptors (Lipinski definition) is 11. The van der Waals surface area contributed by atoms with Gasteiger partial charge in [0.15, 0.2) is 0 Å². The van der Waals surface area contributed by atoms with Gasteiger partial charge in [-0.2, -0.15) is 5.26 Å². The Morgan fingerprint density at radius 1 is 1.03 bits per heavy atom. The molecule has 0 bridgehead atoms. The SMILES string of the molecule is C=CCOc1ccc2c(c1)[C@H]1[C@H](CCCCO)[C@@H](CCCCO)C=C3C(=NOCc4ccc([N+](=O)[O-])cc4)C[C@H](N(C)C(=O)c4ccc(C#N)cc4)[C@@](OCC=C)(O2)[C@H]31. The number of nitro groups is 1. The van der Waals surface area contributed by atoms with Crippen LogP contribution in [0.15, 0.2) is 109 Å². The minimum absolute atomic E-state index is 0.0264. The molecule has 3 aromatic rings. The monoisotopic (exact) mass is 804 g/mol. The first-order valence-corrected chi connectivity index (χ1v) is 20.1. The van der Waals surface area contributed by atoms with Crippen LogP contribution in [0.3, 0.4) is 0 Å². The summed E-state index contributed by atoms with van der Waals surface area (Å²) < 4.78 is 20.2. The Morgan fingerprint density at radius 2 is 1.75 bits per heavy atom. The van der Waals surface area contributed by atoms with E-state index in [1.54, 1.807) is 60.5 Å². The molecule has 2 N–H and O–H groups in total. The lowest BCUT2D eigenvalue weighted by molar-refractivity contribution is -0.384. The van der Waals surface area contributed by atoms with Crippen molar-refractivity contribution in [3.63, 3.8) is 0 Å². The lowest BCUT2D eigenvalue weighted by Crippen LogP contribution is -2.69. The molecule has 6 atom stereocenters. The fourth-order valence-electron chi connectivity index (χ4n) is 8.90. The van der Waals surface area contributed by atoms with Crippen molar-refractivity contribution in [2.24, 2.45) is 22.9 Å². The van der Waals surface area contributed by atoms with Gasteiger partial charge < -0.3 is 34.2 Å². The lowest BCUT2D eigenvalue weighted by Gasteiger charge is -2.59. The van der Waals surface area contributed by atoms with E-state index in [4.69, 9.17) is 24.2 Å². The maximum atomic E-state index is 14.5. The topological polar surface area (TPSA) is 177 Å². The molecule has 0 aromatic heterocycles. The largest absolute Gasteiger partial charge is 0.490 e. The second-order valence-corrected chi connectivity index (χ2v) is 15.2. The van der Waals surface area contributed by atoms with E-state index in [0.29, 0.717) is 53.3 Å². The Hall–Kier alpha value is -5.81. The first-order valence-electron chi connectivity index (χ1n) is 20.1. The molecule has 0 spiro atoms. The van der Waals surface area contributed by atoms with E-state index in [2.05, 4.69) is 25.3 Å². The van der Waals surface area contributed by atoms with Crippen LogP contribution >= 0.6 is 0 Å². The van der Waals surface area contributed by atoms with Gasteiger partial charge in [-0.3, -0.25) is 14.9 Å². The Bertz CT molecular complexity index is 2080. The number of nitrogens with zero attached hydrogens (tertiary/aromatic N) is 4. The van der Waals surface area contributed by atoms with Crippen LogP contribution in [0.1, 0.15) is 77.9 Å². The number of allylic oxidation sites excluding steroid dienone is 1. The van der Waals surface area contributed by atoms with Crippen molar-refractivity contribution in [1.82, 2.24) is 4.90 Å². The highest BCUT2D eigenvalue weighted by Gasteiger charge is 2.65. The maximum absolute atomic E-state index is 14.5. The van der Waals surface area contributed by atoms with Crippen LogP contribution in [-0.2, 0) is 16.2 Å². The maximum Gasteiger partial charge on any atom is 0.269 e. The first kappa shape index (κ1) is 42.8. The van der Waals surface area contributed by atoms with Crippen LogP contribution in [0.25, 0.3) is 0 Å². The molecule has 1 heterocycles. The van der Waals surface area contributed by atoms with Crippen LogP contribution in [0, 0.1) is 39.2 Å². The van der Waals surface area contributed by atoms with Crippen LogP contribution in [0.5, 0.6) is 11.5 Å². The normalized spacial score (nSPS) is 23.4. The Morgan fingerprint density at radius 3 is 2.41 bits per heavy atom. The molecule has 1 amide bonds. The number of likely N-dealkylation sites (N-methyl/N-ethyl adjacent to an activating group) is 1. The third-order valence-electron chi connectivity index (χ3n) is 11.6. The van der Waals surface area contributed by atoms with Crippen molar-refractivity contribution >= 4 is 17.3 Å². The number of rotatable bonds is 20. The van der Waals surface area contributed by atoms with E-state index in [0.717, 1.165) is 36.8 Å². The number of oxime groups is 1. The van der Waals surface area contributed by atoms with Gasteiger partial charge >= 0.3 is 0 Å². The highest BCUT2D eigenvalue weighted by Crippen LogP contribution is 2.62. The predicted molar refractivity (Wildman–Crippen MR) is 222 cm³/mol. The molecule has 1 fully saturated rings. The zero-order chi connectivity index (χ0) is 41.9. The Balaban J connectivity index is 1.55. The molecule has 0 radical (unpaired) electrons. The van der Waals surface area contributed by atoms with Gasteiger partial charge in [-0.15, -0.1) is 6.58 Å². The van der Waals surface area contributed by atoms with Crippen molar-refractivity contribution in [2.45, 2.75) is 69.3 Å². The van der Waals surface area contributed by atoms with E-state index in [1.165, 1.54) is 12.1 Å². The lowest BCUT2D eigenvalue weighted by atomic mass is 9.55. The van der Waals surface area contributed by atoms with E-state index in [1.807, 2.05) is 18.2 Å². The van der Waals surface area contributed by atoms with Gasteiger partial charge in [-0.1, -0.05) is 42.8 Å². The Labute approximate surface area is 345 Å². The summed E-state index contributed by atoms with van der Waals surface area (Å²) in [6, 6.07) is 19.7. The molecule has 310 valence electrons. The third-order valence-corrected chi connectivity index (χ3v) is 11.6. The number of aliphatic hydroxyl groups excluding tert-OH is 2. The van der Waals surface area contributed by atoms with Crippen molar-refractivity contribution < 1.29 is 39.0 Å². The number of nitro benzene ring substituents is 1. The van der Waals surface area contributed by atoms with Gasteiger partial charge in [0.25, 0.3) is 11.6 Å². The van der Waals surface area contributed by atoms with Gasteiger partial charge in [-0.05, 0) is 103 Å². The number of aliphatic hydroxyl groups is 2. The summed E-state index contributed by atoms with van der Waals surface area (Å²) >= 11 is 0. The number of hydrogen-bond donors (Lipinski definition) is 2. The molecule has 3 aromatic carbocycles. The second-order valence-electron chi connectivity index (χ2n) is 15.2. The Kier molecular flexibility index (Phi) is 14.3. The molecule has 1 saturated carbocycles. The van der Waals surface area contributed by atoms with Crippen LogP contribution in [0.4, 0.5) is 5.69 Å². The molecule has 6 rings (SSSR count). The molecule has 0 unspecified atom stereocenters. The standard InChI is InChI=1S/C46H52N4O9/c1-4-24-56-36-20-21-41-39(27-36)43-37(11-7-9-23-52)34(10-6-8-22-51)26-38-40(48-58-30-32-14-18-35(19-15-32)50(54)55)28-42(46(59-41,44(38)43)57-25-5-2)49(3)45(53)33-16-12-31(29-47)13-17-33/h4-5,12-21,26-27,34,37,42-44,51-52H,1-2,6-11,22-25,28,30H2,3H3/t34-,37+,42-,43+,44+,46+/m0/s1. The molecular formula is C46H52N4O9. The summed E-state index contributed by atoms with van der Waals surface area (Å²) in [5, 5.41) is 45.2. The molecule has 13 heteroatoms. The van der Waals surface area contributed by atoms with Crippen LogP contribution in [0.2, 0.25) is 0 Å². The average Bonchev–Trinajstić information content (AvgIpc) is 3.26. The van der Waals surface area contributed by atoms with Crippen molar-refractivity contribution in [3.05, 3.63) is 136 Å². The molecular weight excluding hydrogens is 753 g/mol. The molecule has 0 saturated heterocycles. The van der Waals surface area contributed by atoms with Crippen molar-refractivity contribution in [2.75, 3.05) is 33.5 Å². The predicted octanol–water partition coefficient (Wildman–Crippen LogP) is 7.64. The zero-order valence-corrected chi connectivity index (χ0v) is 33.4. The summed E-state index contributed by atoms with van der Waals surface area (Å²) in [5.41, 5.74) is 3.87. The van der Waals surface area contributed by atoms with Crippen molar-refractivity contribution in [1.29, 1.82) is 5.26 Å². The van der Waals surface area contributed by atoms with E-state index in [-0.39, 0.29) is 62.2 Å². The van der Waals surface area contributed by atoms with E-state index < -0.39 is 22.7 Å². The number of nitriles is 1. The van der Waals surface area contributed by atoms with E-state index >= 15 is 0 Å². The quantitative estimate of drug-likeness (QED) is 0.0500. The highest BCUT2D eigenvalue weighted by molar-refractivity contribution is 6.03. The molecule has 13 nitrogen and oxygen atoms in total. The number of fused-ring (bicyclic) bond motifs is 2. The summed E-state index contributed by atoms with van der Waals surface area (Å²) in [5.74, 6) is -1.20. The number of ether oxygens (including phenoxy) is 3. The first-order chi connectivity index (χ1) is 28.7. The number of non-ortho nitro benzene ring substituents is 1. The fourth-order valence-corrected chi connectivity index (χ4v) is 8.90. The minimum atomic E-state index is -1.44. The van der Waals surface area contributed by atoms with Gasteiger partial charge in [0.1, 0.15) is 30.8 Å². The summed E-state index contributed by atoms with van der Waals surface area (Å²) in [7, 11) is 1.72. The molecule has 1 aliphatic heterocycles. The number of benzene rings is 3. The summed E-state index contributed by atoms with van der Waals surface area (Å²) in [4.78, 5) is 33.0. The molecule has 2 aliphatic carbocycles. The third kappa shape index (κ3) is 9.25.